The highest BCUT2D eigenvalue weighted by Gasteiger charge is 2.11. The van der Waals surface area contributed by atoms with Crippen LogP contribution in [0, 0.1) is 11.3 Å². The Bertz CT molecular complexity index is 768. The standard InChI is InChI=1S/C14H8ClN3O3/c15-11-6-10(2-1-9(11)7-16)18-13(19)8-3-4-17-12(5-8)14(20)21/h1-6H,(H,18,19)(H,20,21). The number of pyridine rings is 1. The van der Waals surface area contributed by atoms with Crippen LogP contribution in [-0.4, -0.2) is 22.0 Å². The summed E-state index contributed by atoms with van der Waals surface area (Å²) < 4.78 is 0. The van der Waals surface area contributed by atoms with Gasteiger partial charge in [-0.15, -0.1) is 0 Å². The van der Waals surface area contributed by atoms with Crippen LogP contribution in [0.4, 0.5) is 5.69 Å². The Hall–Kier alpha value is -2.91. The molecule has 0 bridgehead atoms. The lowest BCUT2D eigenvalue weighted by atomic mass is 10.2. The van der Waals surface area contributed by atoms with Crippen LogP contribution < -0.4 is 5.32 Å². The molecule has 1 heterocycles. The molecule has 0 saturated heterocycles. The lowest BCUT2D eigenvalue weighted by Gasteiger charge is -2.06. The summed E-state index contributed by atoms with van der Waals surface area (Å²) in [4.78, 5) is 26.5. The van der Waals surface area contributed by atoms with E-state index in [9.17, 15) is 9.59 Å². The van der Waals surface area contributed by atoms with Crippen LogP contribution in [0.25, 0.3) is 0 Å². The predicted octanol–water partition coefficient (Wildman–Crippen LogP) is 2.56. The minimum Gasteiger partial charge on any atom is -0.477 e. The smallest absolute Gasteiger partial charge is 0.354 e. The second-order valence-corrected chi connectivity index (χ2v) is 4.40. The van der Waals surface area contributed by atoms with E-state index in [1.807, 2.05) is 6.07 Å². The summed E-state index contributed by atoms with van der Waals surface area (Å²) >= 11 is 5.86. The van der Waals surface area contributed by atoms with Gasteiger partial charge in [0.05, 0.1) is 10.6 Å². The molecular formula is C14H8ClN3O3. The summed E-state index contributed by atoms with van der Waals surface area (Å²) in [7, 11) is 0. The molecule has 0 saturated carbocycles. The Labute approximate surface area is 124 Å². The highest BCUT2D eigenvalue weighted by Crippen LogP contribution is 2.20. The van der Waals surface area contributed by atoms with Gasteiger partial charge < -0.3 is 10.4 Å². The van der Waals surface area contributed by atoms with Crippen molar-refractivity contribution >= 4 is 29.2 Å². The zero-order valence-electron chi connectivity index (χ0n) is 10.5. The van der Waals surface area contributed by atoms with Gasteiger partial charge in [0, 0.05) is 17.4 Å². The van der Waals surface area contributed by atoms with E-state index in [0.29, 0.717) is 11.3 Å². The maximum Gasteiger partial charge on any atom is 0.354 e. The zero-order valence-corrected chi connectivity index (χ0v) is 11.3. The molecule has 0 unspecified atom stereocenters. The number of anilines is 1. The van der Waals surface area contributed by atoms with Gasteiger partial charge in [-0.2, -0.15) is 5.26 Å². The fraction of sp³-hybridized carbons (Fsp3) is 0. The summed E-state index contributed by atoms with van der Waals surface area (Å²) in [5, 5.41) is 20.4. The van der Waals surface area contributed by atoms with Crippen molar-refractivity contribution in [3.8, 4) is 6.07 Å². The van der Waals surface area contributed by atoms with Crippen LogP contribution in [0.15, 0.2) is 36.5 Å². The third-order valence-electron chi connectivity index (χ3n) is 2.59. The zero-order chi connectivity index (χ0) is 15.4. The highest BCUT2D eigenvalue weighted by atomic mass is 35.5. The normalized spacial score (nSPS) is 9.71. The van der Waals surface area contributed by atoms with Crippen LogP contribution in [0.1, 0.15) is 26.4 Å². The van der Waals surface area contributed by atoms with Gasteiger partial charge in [-0.25, -0.2) is 9.78 Å². The fourth-order valence-corrected chi connectivity index (χ4v) is 1.80. The van der Waals surface area contributed by atoms with Gasteiger partial charge in [0.1, 0.15) is 11.8 Å². The Morgan fingerprint density at radius 1 is 1.29 bits per heavy atom. The molecule has 2 rings (SSSR count). The van der Waals surface area contributed by atoms with Crippen molar-refractivity contribution in [1.29, 1.82) is 5.26 Å². The van der Waals surface area contributed by atoms with Gasteiger partial charge >= 0.3 is 5.97 Å². The number of aromatic carboxylic acids is 1. The van der Waals surface area contributed by atoms with Gasteiger partial charge in [-0.1, -0.05) is 11.6 Å². The van der Waals surface area contributed by atoms with E-state index in [1.54, 1.807) is 0 Å². The van der Waals surface area contributed by atoms with Crippen molar-refractivity contribution < 1.29 is 14.7 Å². The van der Waals surface area contributed by atoms with Gasteiger partial charge in [0.2, 0.25) is 0 Å². The van der Waals surface area contributed by atoms with E-state index in [1.165, 1.54) is 36.5 Å². The molecule has 1 aromatic carbocycles. The number of rotatable bonds is 3. The molecular weight excluding hydrogens is 294 g/mol. The summed E-state index contributed by atoms with van der Waals surface area (Å²) in [5.41, 5.74) is 0.632. The molecule has 6 nitrogen and oxygen atoms in total. The molecule has 0 fully saturated rings. The van der Waals surface area contributed by atoms with Gasteiger partial charge in [0.25, 0.3) is 5.91 Å². The molecule has 2 aromatic rings. The molecule has 104 valence electrons. The topological polar surface area (TPSA) is 103 Å². The molecule has 0 atom stereocenters. The number of hydrogen-bond acceptors (Lipinski definition) is 4. The van der Waals surface area contributed by atoms with Gasteiger partial charge in [0.15, 0.2) is 0 Å². The first-order valence-corrected chi connectivity index (χ1v) is 6.09. The van der Waals surface area contributed by atoms with Crippen LogP contribution in [-0.2, 0) is 0 Å². The molecule has 1 amide bonds. The van der Waals surface area contributed by atoms with Crippen molar-refractivity contribution in [2.45, 2.75) is 0 Å². The Morgan fingerprint density at radius 2 is 2.05 bits per heavy atom. The molecule has 0 spiro atoms. The third kappa shape index (κ3) is 3.35. The molecule has 0 radical (unpaired) electrons. The molecule has 1 aromatic heterocycles. The van der Waals surface area contributed by atoms with Crippen LogP contribution >= 0.6 is 11.6 Å². The van der Waals surface area contributed by atoms with E-state index < -0.39 is 11.9 Å². The fourth-order valence-electron chi connectivity index (χ4n) is 1.58. The number of aromatic nitrogens is 1. The Balaban J connectivity index is 2.22. The van der Waals surface area contributed by atoms with Crippen LogP contribution in [0.2, 0.25) is 5.02 Å². The molecule has 21 heavy (non-hydrogen) atoms. The second-order valence-electron chi connectivity index (χ2n) is 4.00. The average molecular weight is 302 g/mol. The quantitative estimate of drug-likeness (QED) is 0.906. The maximum absolute atomic E-state index is 12.0. The number of carboxylic acid groups (broad SMARTS) is 1. The van der Waals surface area contributed by atoms with Crippen molar-refractivity contribution in [2.75, 3.05) is 5.32 Å². The maximum atomic E-state index is 12.0. The second kappa shape index (κ2) is 6.03. The van der Waals surface area contributed by atoms with E-state index in [4.69, 9.17) is 22.0 Å². The van der Waals surface area contributed by atoms with Crippen LogP contribution in [0.3, 0.4) is 0 Å². The van der Waals surface area contributed by atoms with Gasteiger partial charge in [-0.3, -0.25) is 4.79 Å². The van der Waals surface area contributed by atoms with Crippen molar-refractivity contribution in [1.82, 2.24) is 4.98 Å². The number of halogens is 1. The first kappa shape index (κ1) is 14.5. The van der Waals surface area contributed by atoms with Crippen molar-refractivity contribution in [3.05, 3.63) is 58.4 Å². The number of nitrogens with one attached hydrogen (secondary N) is 1. The van der Waals surface area contributed by atoms with Crippen LogP contribution in [0.5, 0.6) is 0 Å². The monoisotopic (exact) mass is 301 g/mol. The minimum atomic E-state index is -1.22. The van der Waals surface area contributed by atoms with E-state index in [-0.39, 0.29) is 16.3 Å². The molecule has 7 heteroatoms. The number of benzene rings is 1. The summed E-state index contributed by atoms with van der Waals surface area (Å²) in [6, 6.07) is 8.93. The van der Waals surface area contributed by atoms with E-state index >= 15 is 0 Å². The first-order chi connectivity index (χ1) is 10.0. The minimum absolute atomic E-state index is 0.155. The van der Waals surface area contributed by atoms with Crippen molar-refractivity contribution in [2.24, 2.45) is 0 Å². The number of carbonyl (C=O) groups excluding carboxylic acids is 1. The molecule has 0 aliphatic carbocycles. The molecule has 0 aliphatic rings. The van der Waals surface area contributed by atoms with Crippen molar-refractivity contribution in [3.63, 3.8) is 0 Å². The van der Waals surface area contributed by atoms with E-state index in [0.717, 1.165) is 0 Å². The Kier molecular flexibility index (Phi) is 4.16. The number of carbonyl (C=O) groups is 2. The number of carboxylic acids is 1. The number of amides is 1. The summed E-state index contributed by atoms with van der Waals surface area (Å²) in [6.07, 6.45) is 1.24. The highest BCUT2D eigenvalue weighted by molar-refractivity contribution is 6.32. The average Bonchev–Trinajstić information content (AvgIpc) is 2.47. The lowest BCUT2D eigenvalue weighted by molar-refractivity contribution is 0.0690. The lowest BCUT2D eigenvalue weighted by Crippen LogP contribution is -2.13. The summed E-state index contributed by atoms with van der Waals surface area (Å²) in [6.45, 7) is 0. The number of nitrogens with zero attached hydrogens (tertiary/aromatic N) is 2. The Morgan fingerprint density at radius 3 is 2.67 bits per heavy atom. The predicted molar refractivity (Wildman–Crippen MR) is 75.3 cm³/mol. The van der Waals surface area contributed by atoms with Gasteiger partial charge in [-0.05, 0) is 30.3 Å². The SMILES string of the molecule is N#Cc1ccc(NC(=O)c2ccnc(C(=O)O)c2)cc1Cl. The molecule has 2 N–H and O–H groups in total. The summed E-state index contributed by atoms with van der Waals surface area (Å²) in [5.74, 6) is -1.72. The molecule has 0 aliphatic heterocycles. The number of hydrogen-bond donors (Lipinski definition) is 2. The first-order valence-electron chi connectivity index (χ1n) is 5.71. The largest absolute Gasteiger partial charge is 0.477 e. The number of nitriles is 1. The third-order valence-corrected chi connectivity index (χ3v) is 2.90. The van der Waals surface area contributed by atoms with E-state index in [2.05, 4.69) is 10.3 Å².